The lowest BCUT2D eigenvalue weighted by Gasteiger charge is -2.25. The summed E-state index contributed by atoms with van der Waals surface area (Å²) in [5.41, 5.74) is 1.99. The van der Waals surface area contributed by atoms with Crippen LogP contribution in [0.5, 0.6) is 0 Å². The van der Waals surface area contributed by atoms with E-state index in [0.29, 0.717) is 6.61 Å². The largest absolute Gasteiger partial charge is 0.371 e. The van der Waals surface area contributed by atoms with E-state index < -0.39 is 12.1 Å². The molecule has 4 nitrogen and oxygen atoms in total. The van der Waals surface area contributed by atoms with Gasteiger partial charge in [-0.15, -0.1) is 0 Å². The molecular weight excluding hydrogens is 276 g/mol. The second kappa shape index (κ2) is 8.30. The van der Waals surface area contributed by atoms with E-state index in [0.717, 1.165) is 16.2 Å². The highest BCUT2D eigenvalue weighted by Gasteiger charge is 2.24. The monoisotopic (exact) mass is 296 g/mol. The molecule has 0 aromatic heterocycles. The van der Waals surface area contributed by atoms with Crippen LogP contribution < -0.4 is 0 Å². The van der Waals surface area contributed by atoms with Crippen LogP contribution in [0, 0.1) is 11.3 Å². The van der Waals surface area contributed by atoms with Crippen LogP contribution in [0.3, 0.4) is 0 Å². The van der Waals surface area contributed by atoms with Gasteiger partial charge in [-0.3, -0.25) is 0 Å². The molecule has 0 aliphatic heterocycles. The van der Waals surface area contributed by atoms with Crippen LogP contribution in [-0.2, 0) is 17.9 Å². The summed E-state index contributed by atoms with van der Waals surface area (Å²) in [5.74, 6) is 0. The molecule has 0 fully saturated rings. The van der Waals surface area contributed by atoms with Crippen molar-refractivity contribution in [1.82, 2.24) is 5.06 Å². The van der Waals surface area contributed by atoms with E-state index in [1.54, 1.807) is 6.92 Å². The summed E-state index contributed by atoms with van der Waals surface area (Å²) in [6.07, 6.45) is -0.404. The summed E-state index contributed by atoms with van der Waals surface area (Å²) in [7, 11) is 0. The van der Waals surface area contributed by atoms with Crippen LogP contribution in [0.25, 0.3) is 0 Å². The summed E-state index contributed by atoms with van der Waals surface area (Å²) in [6, 6.07) is 20.7. The predicted octanol–water partition coefficient (Wildman–Crippen LogP) is 3.38. The summed E-state index contributed by atoms with van der Waals surface area (Å²) in [6.45, 7) is 2.50. The third-order valence-corrected chi connectivity index (χ3v) is 3.44. The first kappa shape index (κ1) is 16.2. The number of benzene rings is 2. The van der Waals surface area contributed by atoms with Crippen molar-refractivity contribution in [3.8, 4) is 6.07 Å². The van der Waals surface area contributed by atoms with Crippen LogP contribution in [-0.4, -0.2) is 22.4 Å². The number of hydrogen-bond donors (Lipinski definition) is 1. The van der Waals surface area contributed by atoms with Crippen molar-refractivity contribution in [3.63, 3.8) is 0 Å². The van der Waals surface area contributed by atoms with Crippen molar-refractivity contribution in [1.29, 1.82) is 5.26 Å². The van der Waals surface area contributed by atoms with Gasteiger partial charge in [0.2, 0.25) is 0 Å². The zero-order valence-electron chi connectivity index (χ0n) is 12.6. The van der Waals surface area contributed by atoms with E-state index in [4.69, 9.17) is 4.74 Å². The van der Waals surface area contributed by atoms with Crippen LogP contribution in [0.1, 0.15) is 18.1 Å². The summed E-state index contributed by atoms with van der Waals surface area (Å²) < 4.78 is 5.72. The quantitative estimate of drug-likeness (QED) is 0.796. The van der Waals surface area contributed by atoms with Crippen molar-refractivity contribution in [2.24, 2.45) is 0 Å². The lowest BCUT2D eigenvalue weighted by Crippen LogP contribution is -2.40. The molecule has 2 aromatic rings. The standard InChI is InChI=1S/C18H20N2O2/c1-15(22-14-17-10-6-3-7-11-17)18(12-19)20(21)13-16-8-4-2-5-9-16/h2-11,15,18,21H,13-14H2,1H3/t15-,18+/m0/s1. The number of hydrogen-bond acceptors (Lipinski definition) is 4. The first-order valence-corrected chi connectivity index (χ1v) is 7.25. The van der Waals surface area contributed by atoms with E-state index in [-0.39, 0.29) is 6.54 Å². The van der Waals surface area contributed by atoms with Crippen molar-refractivity contribution in [2.45, 2.75) is 32.2 Å². The summed E-state index contributed by atoms with van der Waals surface area (Å²) in [4.78, 5) is 0. The zero-order chi connectivity index (χ0) is 15.8. The second-order valence-electron chi connectivity index (χ2n) is 5.16. The fourth-order valence-corrected chi connectivity index (χ4v) is 2.18. The van der Waals surface area contributed by atoms with Crippen molar-refractivity contribution in [2.75, 3.05) is 0 Å². The zero-order valence-corrected chi connectivity index (χ0v) is 12.6. The van der Waals surface area contributed by atoms with E-state index in [1.165, 1.54) is 0 Å². The molecule has 22 heavy (non-hydrogen) atoms. The Bertz CT molecular complexity index is 595. The Labute approximate surface area is 131 Å². The number of hydroxylamine groups is 2. The van der Waals surface area contributed by atoms with Gasteiger partial charge >= 0.3 is 0 Å². The Balaban J connectivity index is 1.91. The van der Waals surface area contributed by atoms with Crippen molar-refractivity contribution < 1.29 is 9.94 Å². The molecular formula is C18H20N2O2. The molecule has 4 heteroatoms. The van der Waals surface area contributed by atoms with Gasteiger partial charge < -0.3 is 9.94 Å². The third-order valence-electron chi connectivity index (χ3n) is 3.44. The Kier molecular flexibility index (Phi) is 6.11. The van der Waals surface area contributed by atoms with Gasteiger partial charge in [0.05, 0.1) is 25.3 Å². The smallest absolute Gasteiger partial charge is 0.148 e. The first-order valence-electron chi connectivity index (χ1n) is 7.25. The molecule has 0 saturated heterocycles. The molecule has 0 radical (unpaired) electrons. The number of ether oxygens (including phenoxy) is 1. The third kappa shape index (κ3) is 4.68. The van der Waals surface area contributed by atoms with Gasteiger partial charge in [-0.25, -0.2) is 0 Å². The van der Waals surface area contributed by atoms with E-state index >= 15 is 0 Å². The molecule has 2 rings (SSSR count). The molecule has 1 N–H and O–H groups in total. The average Bonchev–Trinajstić information content (AvgIpc) is 2.55. The van der Waals surface area contributed by atoms with Crippen molar-refractivity contribution >= 4 is 0 Å². The Morgan fingerprint density at radius 3 is 2.14 bits per heavy atom. The lowest BCUT2D eigenvalue weighted by molar-refractivity contribution is -0.153. The van der Waals surface area contributed by atoms with Gasteiger partial charge in [-0.2, -0.15) is 10.3 Å². The van der Waals surface area contributed by atoms with Crippen LogP contribution in [0.15, 0.2) is 60.7 Å². The molecule has 2 atom stereocenters. The molecule has 0 saturated carbocycles. The fraction of sp³-hybridized carbons (Fsp3) is 0.278. The van der Waals surface area contributed by atoms with Crippen LogP contribution in [0.2, 0.25) is 0 Å². The number of nitriles is 1. The van der Waals surface area contributed by atoms with E-state index in [1.807, 2.05) is 60.7 Å². The summed E-state index contributed by atoms with van der Waals surface area (Å²) >= 11 is 0. The lowest BCUT2D eigenvalue weighted by atomic mass is 10.1. The minimum atomic E-state index is -0.719. The van der Waals surface area contributed by atoms with E-state index in [9.17, 15) is 10.5 Å². The molecule has 0 aliphatic carbocycles. The van der Waals surface area contributed by atoms with Gasteiger partial charge in [0.1, 0.15) is 6.04 Å². The second-order valence-corrected chi connectivity index (χ2v) is 5.16. The van der Waals surface area contributed by atoms with Gasteiger partial charge in [-0.1, -0.05) is 60.7 Å². The first-order chi connectivity index (χ1) is 10.7. The maximum absolute atomic E-state index is 10.2. The van der Waals surface area contributed by atoms with Gasteiger partial charge in [0, 0.05) is 0 Å². The van der Waals surface area contributed by atoms with Gasteiger partial charge in [0.25, 0.3) is 0 Å². The fourth-order valence-electron chi connectivity index (χ4n) is 2.18. The van der Waals surface area contributed by atoms with Crippen LogP contribution >= 0.6 is 0 Å². The highest BCUT2D eigenvalue weighted by Crippen LogP contribution is 2.12. The summed E-state index contributed by atoms with van der Waals surface area (Å²) in [5, 5.41) is 20.5. The molecule has 0 heterocycles. The topological polar surface area (TPSA) is 56.5 Å². The normalized spacial score (nSPS) is 13.5. The highest BCUT2D eigenvalue weighted by molar-refractivity contribution is 5.15. The Morgan fingerprint density at radius 2 is 1.59 bits per heavy atom. The van der Waals surface area contributed by atoms with Crippen LogP contribution in [0.4, 0.5) is 0 Å². The average molecular weight is 296 g/mol. The van der Waals surface area contributed by atoms with Crippen molar-refractivity contribution in [3.05, 3.63) is 71.8 Å². The maximum atomic E-state index is 10.2. The Hall–Kier alpha value is -2.19. The molecule has 114 valence electrons. The minimum absolute atomic E-state index is 0.290. The SMILES string of the molecule is C[C@H](OCc1ccccc1)[C@@H](C#N)N(O)Cc1ccccc1. The van der Waals surface area contributed by atoms with Gasteiger partial charge in [0.15, 0.2) is 0 Å². The van der Waals surface area contributed by atoms with Gasteiger partial charge in [-0.05, 0) is 18.1 Å². The predicted molar refractivity (Wildman–Crippen MR) is 83.9 cm³/mol. The maximum Gasteiger partial charge on any atom is 0.148 e. The molecule has 0 aliphatic rings. The number of rotatable bonds is 7. The molecule has 0 unspecified atom stereocenters. The number of nitrogens with zero attached hydrogens (tertiary/aromatic N) is 2. The molecule has 0 bridgehead atoms. The molecule has 0 spiro atoms. The Morgan fingerprint density at radius 1 is 1.05 bits per heavy atom. The van der Waals surface area contributed by atoms with E-state index in [2.05, 4.69) is 6.07 Å². The molecule has 2 aromatic carbocycles. The highest BCUT2D eigenvalue weighted by atomic mass is 16.5. The molecule has 0 amide bonds. The minimum Gasteiger partial charge on any atom is -0.371 e.